The molecule has 2 nitrogen and oxygen atoms in total. The molecule has 7 aromatic carbocycles. The van der Waals surface area contributed by atoms with Crippen molar-refractivity contribution < 1.29 is 0 Å². The van der Waals surface area contributed by atoms with Crippen LogP contribution in [0, 0.1) is 0 Å². The second-order valence-corrected chi connectivity index (χ2v) is 9.34. The fourth-order valence-corrected chi connectivity index (χ4v) is 5.79. The van der Waals surface area contributed by atoms with Crippen LogP contribution in [-0.4, -0.2) is 0 Å². The number of nitrogens with two attached hydrogens (primary N) is 2. The highest BCUT2D eigenvalue weighted by molar-refractivity contribution is 6.25. The topological polar surface area (TPSA) is 52.0 Å². The molecular formula is C34H24N2. The molecule has 7 rings (SSSR count). The van der Waals surface area contributed by atoms with Crippen molar-refractivity contribution in [1.82, 2.24) is 0 Å². The van der Waals surface area contributed by atoms with Crippen LogP contribution < -0.4 is 11.5 Å². The van der Waals surface area contributed by atoms with Gasteiger partial charge in [0.2, 0.25) is 0 Å². The zero-order chi connectivity index (χ0) is 24.2. The van der Waals surface area contributed by atoms with Crippen molar-refractivity contribution in [3.63, 3.8) is 0 Å². The van der Waals surface area contributed by atoms with Crippen molar-refractivity contribution in [2.45, 2.75) is 0 Å². The summed E-state index contributed by atoms with van der Waals surface area (Å²) >= 11 is 0. The Bertz CT molecular complexity index is 1770. The van der Waals surface area contributed by atoms with Gasteiger partial charge >= 0.3 is 0 Å². The zero-order valence-electron chi connectivity index (χ0n) is 19.7. The summed E-state index contributed by atoms with van der Waals surface area (Å²) in [6, 6.07) is 42.7. The lowest BCUT2D eigenvalue weighted by Crippen LogP contribution is -1.94. The molecule has 0 fully saturated rings. The van der Waals surface area contributed by atoms with Crippen LogP contribution >= 0.6 is 0 Å². The Morgan fingerprint density at radius 2 is 0.556 bits per heavy atom. The van der Waals surface area contributed by atoms with Gasteiger partial charge in [0.1, 0.15) is 0 Å². The number of benzene rings is 7. The molecule has 0 spiro atoms. The smallest absolute Gasteiger partial charge is 0.0394 e. The van der Waals surface area contributed by atoms with Gasteiger partial charge < -0.3 is 11.5 Å². The number of nitrogen functional groups attached to an aromatic ring is 2. The van der Waals surface area contributed by atoms with Gasteiger partial charge in [-0.3, -0.25) is 0 Å². The average molecular weight is 461 g/mol. The lowest BCUT2D eigenvalue weighted by Gasteiger charge is -2.20. The molecule has 0 saturated heterocycles. The van der Waals surface area contributed by atoms with E-state index in [4.69, 9.17) is 11.5 Å². The Balaban J connectivity index is 1.70. The molecule has 0 atom stereocenters. The minimum Gasteiger partial charge on any atom is -0.398 e. The summed E-state index contributed by atoms with van der Waals surface area (Å²) in [5.41, 5.74) is 19.2. The van der Waals surface area contributed by atoms with Crippen LogP contribution in [0.25, 0.3) is 65.3 Å². The van der Waals surface area contributed by atoms with E-state index in [1.807, 2.05) is 24.3 Å². The SMILES string of the molecule is Nc1ccc(-c2c3ccccc3c(-c3ccc(N)c4ccccc34)c3ccccc23)c2ccccc12. The summed E-state index contributed by atoms with van der Waals surface area (Å²) < 4.78 is 0. The molecule has 0 aliphatic heterocycles. The normalized spacial score (nSPS) is 11.6. The van der Waals surface area contributed by atoms with Crippen molar-refractivity contribution in [2.75, 3.05) is 11.5 Å². The van der Waals surface area contributed by atoms with Crippen molar-refractivity contribution in [3.05, 3.63) is 121 Å². The quantitative estimate of drug-likeness (QED) is 0.200. The molecule has 0 amide bonds. The maximum absolute atomic E-state index is 6.38. The molecular weight excluding hydrogens is 436 g/mol. The second-order valence-electron chi connectivity index (χ2n) is 9.34. The summed E-state index contributed by atoms with van der Waals surface area (Å²) in [7, 11) is 0. The number of hydrogen-bond donors (Lipinski definition) is 2. The average Bonchev–Trinajstić information content (AvgIpc) is 2.93. The van der Waals surface area contributed by atoms with Gasteiger partial charge in [0.25, 0.3) is 0 Å². The first-order valence-corrected chi connectivity index (χ1v) is 12.2. The van der Waals surface area contributed by atoms with Crippen LogP contribution in [-0.2, 0) is 0 Å². The van der Waals surface area contributed by atoms with Gasteiger partial charge in [0.05, 0.1) is 0 Å². The predicted octanol–water partition coefficient (Wildman–Crippen LogP) is 8.80. The Morgan fingerprint density at radius 3 is 0.889 bits per heavy atom. The van der Waals surface area contributed by atoms with Crippen molar-refractivity contribution in [2.24, 2.45) is 0 Å². The minimum atomic E-state index is 0.799. The Morgan fingerprint density at radius 1 is 0.278 bits per heavy atom. The first kappa shape index (κ1) is 20.5. The van der Waals surface area contributed by atoms with Gasteiger partial charge in [-0.15, -0.1) is 0 Å². The van der Waals surface area contributed by atoms with Crippen molar-refractivity contribution in [1.29, 1.82) is 0 Å². The van der Waals surface area contributed by atoms with E-state index in [-0.39, 0.29) is 0 Å². The van der Waals surface area contributed by atoms with E-state index in [0.29, 0.717) is 0 Å². The van der Waals surface area contributed by atoms with E-state index in [1.54, 1.807) is 0 Å². The van der Waals surface area contributed by atoms with Gasteiger partial charge in [-0.1, -0.05) is 109 Å². The monoisotopic (exact) mass is 460 g/mol. The summed E-state index contributed by atoms with van der Waals surface area (Å²) in [5, 5.41) is 9.39. The molecule has 0 aliphatic rings. The first-order valence-electron chi connectivity index (χ1n) is 12.2. The first-order chi connectivity index (χ1) is 17.7. The summed E-state index contributed by atoms with van der Waals surface area (Å²) in [6.45, 7) is 0. The number of anilines is 2. The maximum atomic E-state index is 6.38. The highest BCUT2D eigenvalue weighted by atomic mass is 14.6. The predicted molar refractivity (Wildman–Crippen MR) is 156 cm³/mol. The highest BCUT2D eigenvalue weighted by Gasteiger charge is 2.19. The van der Waals surface area contributed by atoms with E-state index in [2.05, 4.69) is 97.1 Å². The third kappa shape index (κ3) is 2.91. The Hall–Kier alpha value is -4.82. The molecule has 4 N–H and O–H groups in total. The van der Waals surface area contributed by atoms with Gasteiger partial charge in [0, 0.05) is 22.1 Å². The summed E-state index contributed by atoms with van der Waals surface area (Å²) in [5.74, 6) is 0. The fourth-order valence-electron chi connectivity index (χ4n) is 5.79. The largest absolute Gasteiger partial charge is 0.398 e. The Labute approximate surface area is 209 Å². The van der Waals surface area contributed by atoms with E-state index in [1.165, 1.54) is 54.6 Å². The van der Waals surface area contributed by atoms with Crippen LogP contribution in [0.3, 0.4) is 0 Å². The van der Waals surface area contributed by atoms with Crippen molar-refractivity contribution >= 4 is 54.5 Å². The van der Waals surface area contributed by atoms with Gasteiger partial charge in [0.15, 0.2) is 0 Å². The van der Waals surface area contributed by atoms with Crippen LogP contribution in [0.1, 0.15) is 0 Å². The van der Waals surface area contributed by atoms with Crippen molar-refractivity contribution in [3.8, 4) is 22.3 Å². The van der Waals surface area contributed by atoms with Gasteiger partial charge in [-0.2, -0.15) is 0 Å². The molecule has 36 heavy (non-hydrogen) atoms. The third-order valence-corrected chi connectivity index (χ3v) is 7.39. The molecule has 0 unspecified atom stereocenters. The molecule has 0 bridgehead atoms. The standard InChI is InChI=1S/C34H24N2/c35-31-19-17-29(21-9-1-3-11-23(21)31)33-25-13-5-7-15-27(25)34(28-16-8-6-14-26(28)33)30-18-20-32(36)24-12-4-2-10-22(24)30/h1-20H,35-36H2. The number of fused-ring (bicyclic) bond motifs is 4. The maximum Gasteiger partial charge on any atom is 0.0394 e. The van der Waals surface area contributed by atoms with Crippen LogP contribution in [0.4, 0.5) is 11.4 Å². The van der Waals surface area contributed by atoms with Crippen LogP contribution in [0.2, 0.25) is 0 Å². The molecule has 0 aromatic heterocycles. The molecule has 0 saturated carbocycles. The fraction of sp³-hybridized carbons (Fsp3) is 0. The lowest BCUT2D eigenvalue weighted by atomic mass is 9.83. The molecule has 7 aromatic rings. The van der Waals surface area contributed by atoms with Crippen LogP contribution in [0.15, 0.2) is 121 Å². The minimum absolute atomic E-state index is 0.799. The molecule has 2 heteroatoms. The van der Waals surface area contributed by atoms with Gasteiger partial charge in [-0.25, -0.2) is 0 Å². The molecule has 0 aliphatic carbocycles. The van der Waals surface area contributed by atoms with Gasteiger partial charge in [-0.05, 0) is 66.7 Å². The molecule has 0 radical (unpaired) electrons. The Kier molecular flexibility index (Phi) is 4.49. The summed E-state index contributed by atoms with van der Waals surface area (Å²) in [6.07, 6.45) is 0. The van der Waals surface area contributed by atoms with Crippen LogP contribution in [0.5, 0.6) is 0 Å². The molecule has 170 valence electrons. The highest BCUT2D eigenvalue weighted by Crippen LogP contribution is 2.47. The summed E-state index contributed by atoms with van der Waals surface area (Å²) in [4.78, 5) is 0. The van der Waals surface area contributed by atoms with E-state index in [0.717, 1.165) is 22.1 Å². The number of rotatable bonds is 2. The van der Waals surface area contributed by atoms with E-state index in [9.17, 15) is 0 Å². The van der Waals surface area contributed by atoms with E-state index >= 15 is 0 Å². The number of hydrogen-bond acceptors (Lipinski definition) is 2. The molecule has 0 heterocycles. The second kappa shape index (κ2) is 7.86. The lowest BCUT2D eigenvalue weighted by molar-refractivity contribution is 1.68. The zero-order valence-corrected chi connectivity index (χ0v) is 19.7. The van der Waals surface area contributed by atoms with E-state index < -0.39 is 0 Å². The third-order valence-electron chi connectivity index (χ3n) is 7.39.